The molecule has 0 bridgehead atoms. The third-order valence-electron chi connectivity index (χ3n) is 2.78. The second-order valence-electron chi connectivity index (χ2n) is 4.36. The molecular weight excluding hydrogens is 207 g/mol. The fourth-order valence-electron chi connectivity index (χ4n) is 1.61. The maximum atomic E-state index is 13.0. The number of aryl methyl sites for hydroxylation is 1. The van der Waals surface area contributed by atoms with E-state index in [-0.39, 0.29) is 24.1 Å². The van der Waals surface area contributed by atoms with E-state index < -0.39 is 5.92 Å². The van der Waals surface area contributed by atoms with Crippen LogP contribution < -0.4 is 0 Å². The molecule has 0 aromatic heterocycles. The summed E-state index contributed by atoms with van der Waals surface area (Å²) in [4.78, 5) is 12.0. The average molecular weight is 224 g/mol. The SMILES string of the molecule is Cc1cc(C(=O)C(CO)C(C)C)ccc1F. The highest BCUT2D eigenvalue weighted by atomic mass is 19.1. The minimum Gasteiger partial charge on any atom is -0.396 e. The first-order valence-corrected chi connectivity index (χ1v) is 5.38. The Morgan fingerprint density at radius 1 is 1.44 bits per heavy atom. The Bertz CT molecular complexity index is 386. The lowest BCUT2D eigenvalue weighted by Crippen LogP contribution is -2.24. The van der Waals surface area contributed by atoms with Crippen molar-refractivity contribution in [1.82, 2.24) is 0 Å². The Balaban J connectivity index is 2.99. The lowest BCUT2D eigenvalue weighted by molar-refractivity contribution is 0.0806. The highest BCUT2D eigenvalue weighted by Crippen LogP contribution is 2.18. The van der Waals surface area contributed by atoms with E-state index in [4.69, 9.17) is 5.11 Å². The highest BCUT2D eigenvalue weighted by Gasteiger charge is 2.22. The quantitative estimate of drug-likeness (QED) is 0.798. The summed E-state index contributed by atoms with van der Waals surface area (Å²) in [7, 11) is 0. The Morgan fingerprint density at radius 3 is 2.50 bits per heavy atom. The fourth-order valence-corrected chi connectivity index (χ4v) is 1.61. The predicted octanol–water partition coefficient (Wildman–Crippen LogP) is 2.58. The number of aliphatic hydroxyl groups is 1. The first-order chi connectivity index (χ1) is 7.47. The molecule has 3 heteroatoms. The lowest BCUT2D eigenvalue weighted by atomic mass is 9.88. The molecule has 0 saturated carbocycles. The van der Waals surface area contributed by atoms with Crippen LogP contribution in [0, 0.1) is 24.6 Å². The molecule has 88 valence electrons. The summed E-state index contributed by atoms with van der Waals surface area (Å²) in [5, 5.41) is 9.16. The number of rotatable bonds is 4. The number of carbonyl (C=O) groups excluding carboxylic acids is 1. The zero-order chi connectivity index (χ0) is 12.3. The number of hydrogen-bond acceptors (Lipinski definition) is 2. The van der Waals surface area contributed by atoms with Gasteiger partial charge in [0, 0.05) is 11.5 Å². The third kappa shape index (κ3) is 2.67. The summed E-state index contributed by atoms with van der Waals surface area (Å²) in [5.41, 5.74) is 0.915. The van der Waals surface area contributed by atoms with Crippen LogP contribution in [0.3, 0.4) is 0 Å². The minimum absolute atomic E-state index is 0.0721. The van der Waals surface area contributed by atoms with E-state index in [9.17, 15) is 9.18 Å². The highest BCUT2D eigenvalue weighted by molar-refractivity contribution is 5.98. The van der Waals surface area contributed by atoms with Crippen LogP contribution in [-0.2, 0) is 0 Å². The second kappa shape index (κ2) is 5.21. The molecule has 0 amide bonds. The van der Waals surface area contributed by atoms with Crippen molar-refractivity contribution >= 4 is 5.78 Å². The van der Waals surface area contributed by atoms with Crippen molar-refractivity contribution in [2.75, 3.05) is 6.61 Å². The van der Waals surface area contributed by atoms with E-state index in [1.54, 1.807) is 6.92 Å². The molecule has 1 aromatic carbocycles. The van der Waals surface area contributed by atoms with Gasteiger partial charge in [0.25, 0.3) is 0 Å². The van der Waals surface area contributed by atoms with Gasteiger partial charge in [0.2, 0.25) is 0 Å². The molecule has 1 N–H and O–H groups in total. The topological polar surface area (TPSA) is 37.3 Å². The molecular formula is C13H17FO2. The summed E-state index contributed by atoms with van der Waals surface area (Å²) in [6.45, 7) is 5.21. The van der Waals surface area contributed by atoms with Gasteiger partial charge in [0.1, 0.15) is 5.82 Å². The van der Waals surface area contributed by atoms with Gasteiger partial charge in [-0.2, -0.15) is 0 Å². The lowest BCUT2D eigenvalue weighted by Gasteiger charge is -2.17. The van der Waals surface area contributed by atoms with Crippen molar-refractivity contribution in [3.05, 3.63) is 35.1 Å². The Hall–Kier alpha value is -1.22. The van der Waals surface area contributed by atoms with Crippen LogP contribution in [0.4, 0.5) is 4.39 Å². The summed E-state index contributed by atoms with van der Waals surface area (Å²) >= 11 is 0. The van der Waals surface area contributed by atoms with Gasteiger partial charge in [-0.05, 0) is 36.6 Å². The van der Waals surface area contributed by atoms with Gasteiger partial charge in [-0.25, -0.2) is 4.39 Å². The molecule has 1 aromatic rings. The summed E-state index contributed by atoms with van der Waals surface area (Å²) in [5.74, 6) is -0.782. The standard InChI is InChI=1S/C13H17FO2/c1-8(2)11(7-15)13(16)10-4-5-12(14)9(3)6-10/h4-6,8,11,15H,7H2,1-3H3. The smallest absolute Gasteiger partial charge is 0.168 e. The van der Waals surface area contributed by atoms with Gasteiger partial charge in [0.15, 0.2) is 5.78 Å². The van der Waals surface area contributed by atoms with Gasteiger partial charge in [0.05, 0.1) is 6.61 Å². The van der Waals surface area contributed by atoms with E-state index in [1.807, 2.05) is 13.8 Å². The van der Waals surface area contributed by atoms with Crippen molar-refractivity contribution in [2.24, 2.45) is 11.8 Å². The van der Waals surface area contributed by atoms with Crippen LogP contribution in [0.5, 0.6) is 0 Å². The Morgan fingerprint density at radius 2 is 2.06 bits per heavy atom. The summed E-state index contributed by atoms with van der Waals surface area (Å²) in [6, 6.07) is 4.29. The van der Waals surface area contributed by atoms with Crippen molar-refractivity contribution < 1.29 is 14.3 Å². The van der Waals surface area contributed by atoms with E-state index in [1.165, 1.54) is 18.2 Å². The van der Waals surface area contributed by atoms with E-state index in [0.717, 1.165) is 0 Å². The Labute approximate surface area is 95.1 Å². The van der Waals surface area contributed by atoms with E-state index in [2.05, 4.69) is 0 Å². The van der Waals surface area contributed by atoms with Gasteiger partial charge in [-0.1, -0.05) is 13.8 Å². The van der Waals surface area contributed by atoms with Crippen LogP contribution in [0.15, 0.2) is 18.2 Å². The molecule has 0 aliphatic carbocycles. The molecule has 0 fully saturated rings. The monoisotopic (exact) mass is 224 g/mol. The molecule has 1 atom stereocenters. The maximum Gasteiger partial charge on any atom is 0.168 e. The van der Waals surface area contributed by atoms with Crippen LogP contribution in [0.2, 0.25) is 0 Å². The summed E-state index contributed by atoms with van der Waals surface area (Å²) < 4.78 is 13.0. The number of hydrogen-bond donors (Lipinski definition) is 1. The molecule has 16 heavy (non-hydrogen) atoms. The van der Waals surface area contributed by atoms with Crippen molar-refractivity contribution in [2.45, 2.75) is 20.8 Å². The van der Waals surface area contributed by atoms with Gasteiger partial charge in [-0.15, -0.1) is 0 Å². The largest absolute Gasteiger partial charge is 0.396 e. The molecule has 1 unspecified atom stereocenters. The van der Waals surface area contributed by atoms with Crippen LogP contribution in [0.1, 0.15) is 29.8 Å². The van der Waals surface area contributed by atoms with Crippen LogP contribution in [0.25, 0.3) is 0 Å². The molecule has 0 saturated heterocycles. The van der Waals surface area contributed by atoms with E-state index >= 15 is 0 Å². The zero-order valence-electron chi connectivity index (χ0n) is 9.83. The number of aliphatic hydroxyl groups excluding tert-OH is 1. The normalized spacial score (nSPS) is 12.9. The average Bonchev–Trinajstić information content (AvgIpc) is 2.22. The van der Waals surface area contributed by atoms with Crippen molar-refractivity contribution in [3.8, 4) is 0 Å². The first-order valence-electron chi connectivity index (χ1n) is 5.38. The first kappa shape index (κ1) is 12.8. The molecule has 1 rings (SSSR count). The fraction of sp³-hybridized carbons (Fsp3) is 0.462. The molecule has 2 nitrogen and oxygen atoms in total. The Kier molecular flexibility index (Phi) is 4.19. The van der Waals surface area contributed by atoms with E-state index in [0.29, 0.717) is 11.1 Å². The van der Waals surface area contributed by atoms with Crippen molar-refractivity contribution in [1.29, 1.82) is 0 Å². The number of Topliss-reactive ketones (excluding diaryl/α,β-unsaturated/α-hetero) is 1. The number of halogens is 1. The summed E-state index contributed by atoms with van der Waals surface area (Å²) in [6.07, 6.45) is 0. The zero-order valence-corrected chi connectivity index (χ0v) is 9.83. The third-order valence-corrected chi connectivity index (χ3v) is 2.78. The van der Waals surface area contributed by atoms with Crippen molar-refractivity contribution in [3.63, 3.8) is 0 Å². The van der Waals surface area contributed by atoms with Gasteiger partial charge >= 0.3 is 0 Å². The molecule has 0 aliphatic heterocycles. The maximum absolute atomic E-state index is 13.0. The number of benzene rings is 1. The van der Waals surface area contributed by atoms with Crippen LogP contribution >= 0.6 is 0 Å². The predicted molar refractivity (Wildman–Crippen MR) is 60.9 cm³/mol. The molecule has 0 aliphatic rings. The number of ketones is 1. The molecule has 0 spiro atoms. The van der Waals surface area contributed by atoms with Gasteiger partial charge in [-0.3, -0.25) is 4.79 Å². The minimum atomic E-state index is -0.412. The molecule has 0 heterocycles. The van der Waals surface area contributed by atoms with Gasteiger partial charge < -0.3 is 5.11 Å². The van der Waals surface area contributed by atoms with Crippen LogP contribution in [-0.4, -0.2) is 17.5 Å². The second-order valence-corrected chi connectivity index (χ2v) is 4.36. The number of carbonyl (C=O) groups is 1. The molecule has 0 radical (unpaired) electrons.